The van der Waals surface area contributed by atoms with Gasteiger partial charge >= 0.3 is 5.97 Å². The Balaban J connectivity index is 1.89. The van der Waals surface area contributed by atoms with Gasteiger partial charge in [0.2, 0.25) is 10.0 Å². The molecule has 0 aliphatic carbocycles. The third-order valence-corrected chi connectivity index (χ3v) is 7.81. The molecule has 0 N–H and O–H groups in total. The van der Waals surface area contributed by atoms with Gasteiger partial charge in [0.15, 0.2) is 0 Å². The molecule has 2 aromatic carbocycles. The number of halogens is 1. The number of benzene rings is 2. The number of carbonyl (C=O) groups is 2. The topological polar surface area (TPSA) is 84.0 Å². The third kappa shape index (κ3) is 5.68. The van der Waals surface area contributed by atoms with Crippen LogP contribution in [0, 0.1) is 0 Å². The minimum Gasteiger partial charge on any atom is -0.468 e. The molecule has 0 radical (unpaired) electrons. The van der Waals surface area contributed by atoms with E-state index in [1.54, 1.807) is 36.4 Å². The molecule has 2 aromatic rings. The molecule has 1 aliphatic rings. The lowest BCUT2D eigenvalue weighted by molar-refractivity contribution is -0.141. The number of esters is 1. The molecule has 1 saturated heterocycles. The molecule has 0 aromatic heterocycles. The maximum atomic E-state index is 13.3. The van der Waals surface area contributed by atoms with Gasteiger partial charge in [-0.05, 0) is 55.7 Å². The average Bonchev–Trinajstić information content (AvgIpc) is 2.79. The summed E-state index contributed by atoms with van der Waals surface area (Å²) in [5.41, 5.74) is 0.964. The van der Waals surface area contributed by atoms with Gasteiger partial charge in [-0.1, -0.05) is 36.2 Å². The van der Waals surface area contributed by atoms with Crippen LogP contribution in [0.25, 0.3) is 0 Å². The lowest BCUT2D eigenvalue weighted by Crippen LogP contribution is -2.42. The summed E-state index contributed by atoms with van der Waals surface area (Å²) in [4.78, 5) is 26.6. The largest absolute Gasteiger partial charge is 0.468 e. The van der Waals surface area contributed by atoms with Gasteiger partial charge in [0.1, 0.15) is 6.54 Å². The first-order valence-electron chi connectivity index (χ1n) is 10.4. The molecule has 1 atom stereocenters. The third-order valence-electron chi connectivity index (χ3n) is 5.55. The fraction of sp³-hybridized carbons (Fsp3) is 0.391. The first kappa shape index (κ1) is 24.2. The van der Waals surface area contributed by atoms with Gasteiger partial charge in [0.25, 0.3) is 5.91 Å². The summed E-state index contributed by atoms with van der Waals surface area (Å²) in [6, 6.07) is 12.8. The van der Waals surface area contributed by atoms with Crippen LogP contribution in [0.5, 0.6) is 0 Å². The van der Waals surface area contributed by atoms with Crippen LogP contribution in [0.15, 0.2) is 53.4 Å². The van der Waals surface area contributed by atoms with Crippen LogP contribution in [0.3, 0.4) is 0 Å². The number of carbonyl (C=O) groups excluding carboxylic acids is 2. The van der Waals surface area contributed by atoms with E-state index >= 15 is 0 Å². The number of hydrogen-bond acceptors (Lipinski definition) is 5. The number of piperidine rings is 1. The van der Waals surface area contributed by atoms with Gasteiger partial charge in [-0.25, -0.2) is 8.42 Å². The van der Waals surface area contributed by atoms with Crippen LogP contribution in [-0.2, 0) is 26.1 Å². The van der Waals surface area contributed by atoms with E-state index in [4.69, 9.17) is 16.3 Å². The summed E-state index contributed by atoms with van der Waals surface area (Å²) in [6.45, 7) is 2.24. The molecular formula is C23H27ClN2O5S. The van der Waals surface area contributed by atoms with Crippen LogP contribution >= 0.6 is 11.6 Å². The molecule has 0 spiro atoms. The fourth-order valence-electron chi connectivity index (χ4n) is 3.77. The Kier molecular flexibility index (Phi) is 7.92. The van der Waals surface area contributed by atoms with Gasteiger partial charge in [0, 0.05) is 29.7 Å². The number of hydrogen-bond donors (Lipinski definition) is 0. The molecule has 1 aliphatic heterocycles. The van der Waals surface area contributed by atoms with Crippen LogP contribution in [0.1, 0.15) is 42.1 Å². The Morgan fingerprint density at radius 2 is 1.88 bits per heavy atom. The first-order chi connectivity index (χ1) is 15.2. The van der Waals surface area contributed by atoms with Crippen molar-refractivity contribution >= 4 is 33.5 Å². The standard InChI is InChI=1S/C23H27ClN2O5S/c1-17-6-3-4-13-26(17)32(29,30)21-8-5-7-19(14-21)23(28)25(16-22(27)31-2)15-18-9-11-20(24)12-10-18/h5,7-12,14,17H,3-4,6,13,15-16H2,1-2H3. The highest BCUT2D eigenvalue weighted by Crippen LogP contribution is 2.26. The predicted octanol–water partition coefficient (Wildman–Crippen LogP) is 3.72. The van der Waals surface area contributed by atoms with Crippen molar-refractivity contribution in [1.82, 2.24) is 9.21 Å². The van der Waals surface area contributed by atoms with Gasteiger partial charge in [-0.2, -0.15) is 4.31 Å². The Morgan fingerprint density at radius 3 is 2.53 bits per heavy atom. The Hall–Kier alpha value is -2.42. The van der Waals surface area contributed by atoms with Gasteiger partial charge in [-0.15, -0.1) is 0 Å². The predicted molar refractivity (Wildman–Crippen MR) is 122 cm³/mol. The van der Waals surface area contributed by atoms with E-state index in [9.17, 15) is 18.0 Å². The Labute approximate surface area is 194 Å². The van der Waals surface area contributed by atoms with Crippen molar-refractivity contribution in [3.05, 3.63) is 64.7 Å². The molecule has 1 fully saturated rings. The molecule has 32 heavy (non-hydrogen) atoms. The Morgan fingerprint density at radius 1 is 1.16 bits per heavy atom. The summed E-state index contributed by atoms with van der Waals surface area (Å²) in [6.07, 6.45) is 2.63. The number of sulfonamides is 1. The maximum Gasteiger partial charge on any atom is 0.325 e. The molecule has 172 valence electrons. The van der Waals surface area contributed by atoms with Crippen molar-refractivity contribution in [3.8, 4) is 0 Å². The average molecular weight is 479 g/mol. The molecule has 1 amide bonds. The highest BCUT2D eigenvalue weighted by molar-refractivity contribution is 7.89. The van der Waals surface area contributed by atoms with E-state index in [1.165, 1.54) is 28.4 Å². The molecule has 3 rings (SSSR count). The van der Waals surface area contributed by atoms with Crippen molar-refractivity contribution < 1.29 is 22.7 Å². The van der Waals surface area contributed by atoms with E-state index in [0.29, 0.717) is 11.6 Å². The quantitative estimate of drug-likeness (QED) is 0.566. The zero-order chi connectivity index (χ0) is 23.3. The summed E-state index contributed by atoms with van der Waals surface area (Å²) in [5.74, 6) is -1.03. The van der Waals surface area contributed by atoms with E-state index in [-0.39, 0.29) is 29.6 Å². The number of methoxy groups -OCH3 is 1. The van der Waals surface area contributed by atoms with E-state index in [2.05, 4.69) is 0 Å². The molecule has 9 heteroatoms. The number of amides is 1. The minimum atomic E-state index is -3.73. The zero-order valence-electron chi connectivity index (χ0n) is 18.2. The summed E-state index contributed by atoms with van der Waals surface area (Å²) >= 11 is 5.93. The highest BCUT2D eigenvalue weighted by atomic mass is 35.5. The second-order valence-electron chi connectivity index (χ2n) is 7.85. The van der Waals surface area contributed by atoms with Gasteiger partial charge < -0.3 is 9.64 Å². The van der Waals surface area contributed by atoms with Crippen LogP contribution in [0.4, 0.5) is 0 Å². The summed E-state index contributed by atoms with van der Waals surface area (Å²) < 4.78 is 32.6. The molecule has 0 bridgehead atoms. The molecule has 1 heterocycles. The van der Waals surface area contributed by atoms with Crippen molar-refractivity contribution in [2.75, 3.05) is 20.2 Å². The number of ether oxygens (including phenoxy) is 1. The molecule has 1 unspecified atom stereocenters. The number of nitrogens with zero attached hydrogens (tertiary/aromatic N) is 2. The first-order valence-corrected chi connectivity index (χ1v) is 12.3. The second-order valence-corrected chi connectivity index (χ2v) is 10.2. The minimum absolute atomic E-state index is 0.0709. The number of rotatable bonds is 7. The van der Waals surface area contributed by atoms with Gasteiger partial charge in [-0.3, -0.25) is 9.59 Å². The molecular weight excluding hydrogens is 452 g/mol. The van der Waals surface area contributed by atoms with E-state index < -0.39 is 21.9 Å². The van der Waals surface area contributed by atoms with Crippen LogP contribution < -0.4 is 0 Å². The molecule has 0 saturated carbocycles. The van der Waals surface area contributed by atoms with E-state index in [0.717, 1.165) is 24.8 Å². The SMILES string of the molecule is COC(=O)CN(Cc1ccc(Cl)cc1)C(=O)c1cccc(S(=O)(=O)N2CCCCC2C)c1. The molecule has 7 nitrogen and oxygen atoms in total. The summed E-state index contributed by atoms with van der Waals surface area (Å²) in [7, 11) is -2.48. The summed E-state index contributed by atoms with van der Waals surface area (Å²) in [5, 5.41) is 0.560. The normalized spacial score (nSPS) is 17.0. The zero-order valence-corrected chi connectivity index (χ0v) is 19.7. The fourth-order valence-corrected chi connectivity index (χ4v) is 5.64. The van der Waals surface area contributed by atoms with Crippen LogP contribution in [-0.4, -0.2) is 55.7 Å². The van der Waals surface area contributed by atoms with Crippen molar-refractivity contribution in [3.63, 3.8) is 0 Å². The van der Waals surface area contributed by atoms with Crippen molar-refractivity contribution in [2.45, 2.75) is 43.7 Å². The Bertz CT molecular complexity index is 1070. The maximum absolute atomic E-state index is 13.3. The van der Waals surface area contributed by atoms with Gasteiger partial charge in [0.05, 0.1) is 12.0 Å². The van der Waals surface area contributed by atoms with Crippen molar-refractivity contribution in [1.29, 1.82) is 0 Å². The van der Waals surface area contributed by atoms with Crippen molar-refractivity contribution in [2.24, 2.45) is 0 Å². The highest BCUT2D eigenvalue weighted by Gasteiger charge is 2.31. The van der Waals surface area contributed by atoms with Crippen LogP contribution in [0.2, 0.25) is 5.02 Å². The second kappa shape index (κ2) is 10.5. The smallest absolute Gasteiger partial charge is 0.325 e. The van der Waals surface area contributed by atoms with E-state index in [1.807, 2.05) is 6.92 Å². The monoisotopic (exact) mass is 478 g/mol. The lowest BCUT2D eigenvalue weighted by atomic mass is 10.1. The lowest BCUT2D eigenvalue weighted by Gasteiger charge is -2.32.